The predicted octanol–water partition coefficient (Wildman–Crippen LogP) is 0.602. The first-order valence-electron chi connectivity index (χ1n) is 8.53. The third kappa shape index (κ3) is 3.16. The molecule has 25 heavy (non-hydrogen) atoms. The van der Waals surface area contributed by atoms with E-state index >= 15 is 0 Å². The highest BCUT2D eigenvalue weighted by Gasteiger charge is 2.25. The van der Waals surface area contributed by atoms with Gasteiger partial charge in [-0.3, -0.25) is 19.3 Å². The van der Waals surface area contributed by atoms with Crippen molar-refractivity contribution < 1.29 is 4.79 Å². The van der Waals surface area contributed by atoms with Crippen molar-refractivity contribution in [2.24, 2.45) is 0 Å². The van der Waals surface area contributed by atoms with Gasteiger partial charge in [0.25, 0.3) is 11.5 Å². The Morgan fingerprint density at radius 2 is 2.04 bits per heavy atom. The van der Waals surface area contributed by atoms with Crippen LogP contribution in [0.5, 0.6) is 0 Å². The highest BCUT2D eigenvalue weighted by atomic mass is 16.2. The maximum Gasteiger partial charge on any atom is 0.257 e. The molecule has 1 N–H and O–H groups in total. The number of nitrogens with one attached hydrogen (secondary N) is 1. The standard InChI is InChI=1S/C17H24N6O2/c1-5-23-11(2)13(10-18-23)16(25)22-8-6-12-14(7-9-22)19-17(21(3)4)20-15(12)24/h10H,5-9H2,1-4H3,(H,19,20,24). The van der Waals surface area contributed by atoms with E-state index in [4.69, 9.17) is 0 Å². The van der Waals surface area contributed by atoms with Crippen molar-refractivity contribution in [2.75, 3.05) is 32.1 Å². The van der Waals surface area contributed by atoms with Crippen molar-refractivity contribution in [2.45, 2.75) is 33.2 Å². The van der Waals surface area contributed by atoms with Crippen LogP contribution in [-0.4, -0.2) is 57.7 Å². The summed E-state index contributed by atoms with van der Waals surface area (Å²) >= 11 is 0. The number of H-pyrrole nitrogens is 1. The minimum Gasteiger partial charge on any atom is -0.348 e. The average molecular weight is 344 g/mol. The Kier molecular flexibility index (Phi) is 4.61. The molecule has 1 aliphatic heterocycles. The summed E-state index contributed by atoms with van der Waals surface area (Å²) in [7, 11) is 3.68. The second-order valence-electron chi connectivity index (χ2n) is 6.46. The molecule has 8 nitrogen and oxygen atoms in total. The van der Waals surface area contributed by atoms with Crippen LogP contribution in [-0.2, 0) is 19.4 Å². The van der Waals surface area contributed by atoms with Crippen molar-refractivity contribution in [3.8, 4) is 0 Å². The van der Waals surface area contributed by atoms with E-state index in [-0.39, 0.29) is 11.5 Å². The van der Waals surface area contributed by atoms with Crippen molar-refractivity contribution >= 4 is 11.9 Å². The molecule has 0 aliphatic carbocycles. The average Bonchev–Trinajstić information content (AvgIpc) is 2.81. The number of nitrogens with zero attached hydrogens (tertiary/aromatic N) is 5. The molecule has 3 heterocycles. The minimum atomic E-state index is -0.113. The third-order valence-electron chi connectivity index (χ3n) is 4.68. The van der Waals surface area contributed by atoms with Crippen LogP contribution >= 0.6 is 0 Å². The minimum absolute atomic E-state index is 0.0331. The van der Waals surface area contributed by atoms with E-state index in [1.807, 2.05) is 32.6 Å². The lowest BCUT2D eigenvalue weighted by molar-refractivity contribution is 0.0762. The zero-order valence-electron chi connectivity index (χ0n) is 15.2. The lowest BCUT2D eigenvalue weighted by atomic mass is 10.1. The molecule has 0 atom stereocenters. The smallest absolute Gasteiger partial charge is 0.257 e. The molecular formula is C17H24N6O2. The lowest BCUT2D eigenvalue weighted by Crippen LogP contribution is -2.33. The summed E-state index contributed by atoms with van der Waals surface area (Å²) in [6.07, 6.45) is 2.72. The molecule has 8 heteroatoms. The summed E-state index contributed by atoms with van der Waals surface area (Å²) < 4.78 is 1.81. The van der Waals surface area contributed by atoms with E-state index in [0.717, 1.165) is 17.9 Å². The zero-order chi connectivity index (χ0) is 18.1. The number of fused-ring (bicyclic) bond motifs is 1. The molecule has 2 aromatic rings. The quantitative estimate of drug-likeness (QED) is 0.881. The SMILES string of the molecule is CCn1ncc(C(=O)N2CCc3nc(N(C)C)[nH]c(=O)c3CC2)c1C. The Hall–Kier alpha value is -2.64. The lowest BCUT2D eigenvalue weighted by Gasteiger charge is -2.19. The summed E-state index contributed by atoms with van der Waals surface area (Å²) in [6.45, 7) is 5.70. The van der Waals surface area contributed by atoms with Crippen LogP contribution in [0.2, 0.25) is 0 Å². The number of amides is 1. The van der Waals surface area contributed by atoms with Gasteiger partial charge in [-0.2, -0.15) is 5.10 Å². The van der Waals surface area contributed by atoms with Crippen LogP contribution in [0, 0.1) is 6.92 Å². The van der Waals surface area contributed by atoms with Gasteiger partial charge in [0.05, 0.1) is 17.5 Å². The number of carbonyl (C=O) groups is 1. The van der Waals surface area contributed by atoms with Gasteiger partial charge in [0.15, 0.2) is 0 Å². The first kappa shape index (κ1) is 17.2. The molecule has 1 amide bonds. The first-order valence-corrected chi connectivity index (χ1v) is 8.53. The van der Waals surface area contributed by atoms with Crippen molar-refractivity contribution in [3.05, 3.63) is 39.1 Å². The summed E-state index contributed by atoms with van der Waals surface area (Å²) in [5.41, 5.74) is 2.85. The van der Waals surface area contributed by atoms with E-state index in [1.165, 1.54) is 0 Å². The molecule has 0 saturated heterocycles. The van der Waals surface area contributed by atoms with Gasteiger partial charge in [0.2, 0.25) is 5.95 Å². The molecule has 2 aromatic heterocycles. The zero-order valence-corrected chi connectivity index (χ0v) is 15.2. The van der Waals surface area contributed by atoms with Crippen LogP contribution in [0.3, 0.4) is 0 Å². The Bertz CT molecular complexity index is 851. The molecule has 134 valence electrons. The van der Waals surface area contributed by atoms with Crippen molar-refractivity contribution in [1.82, 2.24) is 24.6 Å². The topological polar surface area (TPSA) is 87.1 Å². The maximum atomic E-state index is 12.9. The number of hydrogen-bond donors (Lipinski definition) is 1. The monoisotopic (exact) mass is 344 g/mol. The van der Waals surface area contributed by atoms with E-state index < -0.39 is 0 Å². The Morgan fingerprint density at radius 1 is 1.32 bits per heavy atom. The van der Waals surface area contributed by atoms with Crippen LogP contribution < -0.4 is 10.5 Å². The van der Waals surface area contributed by atoms with E-state index in [9.17, 15) is 9.59 Å². The van der Waals surface area contributed by atoms with E-state index in [1.54, 1.807) is 16.0 Å². The molecule has 0 radical (unpaired) electrons. The molecule has 0 bridgehead atoms. The number of hydrogen-bond acceptors (Lipinski definition) is 5. The van der Waals surface area contributed by atoms with Gasteiger partial charge < -0.3 is 9.80 Å². The van der Waals surface area contributed by atoms with Gasteiger partial charge in [-0.25, -0.2) is 4.98 Å². The molecule has 0 fully saturated rings. The van der Waals surface area contributed by atoms with Crippen molar-refractivity contribution in [3.63, 3.8) is 0 Å². The van der Waals surface area contributed by atoms with Gasteiger partial charge in [-0.15, -0.1) is 0 Å². The highest BCUT2D eigenvalue weighted by Crippen LogP contribution is 2.16. The summed E-state index contributed by atoms with van der Waals surface area (Å²) in [6, 6.07) is 0. The van der Waals surface area contributed by atoms with Gasteiger partial charge in [0.1, 0.15) is 0 Å². The summed E-state index contributed by atoms with van der Waals surface area (Å²) in [5, 5.41) is 4.25. The number of rotatable bonds is 3. The predicted molar refractivity (Wildman–Crippen MR) is 95.1 cm³/mol. The molecule has 0 saturated carbocycles. The molecule has 0 unspecified atom stereocenters. The molecule has 0 aromatic carbocycles. The largest absolute Gasteiger partial charge is 0.348 e. The van der Waals surface area contributed by atoms with Gasteiger partial charge in [-0.05, 0) is 20.3 Å². The van der Waals surface area contributed by atoms with Gasteiger partial charge in [0, 0.05) is 51.4 Å². The Labute approximate surface area is 146 Å². The second-order valence-corrected chi connectivity index (χ2v) is 6.46. The van der Waals surface area contributed by atoms with Crippen LogP contribution in [0.4, 0.5) is 5.95 Å². The molecule has 3 rings (SSSR count). The Morgan fingerprint density at radius 3 is 2.68 bits per heavy atom. The first-order chi connectivity index (χ1) is 11.9. The van der Waals surface area contributed by atoms with Gasteiger partial charge in [-0.1, -0.05) is 0 Å². The summed E-state index contributed by atoms with van der Waals surface area (Å²) in [5.74, 6) is 0.512. The molecular weight excluding hydrogens is 320 g/mol. The second kappa shape index (κ2) is 6.70. The van der Waals surface area contributed by atoms with Gasteiger partial charge >= 0.3 is 0 Å². The maximum absolute atomic E-state index is 12.9. The van der Waals surface area contributed by atoms with Crippen LogP contribution in [0.25, 0.3) is 0 Å². The van der Waals surface area contributed by atoms with E-state index in [2.05, 4.69) is 15.1 Å². The van der Waals surface area contributed by atoms with E-state index in [0.29, 0.717) is 43.0 Å². The highest BCUT2D eigenvalue weighted by molar-refractivity contribution is 5.95. The number of aromatic nitrogens is 4. The van der Waals surface area contributed by atoms with Crippen LogP contribution in [0.1, 0.15) is 34.2 Å². The normalized spacial score (nSPS) is 14.2. The molecule has 0 spiro atoms. The van der Waals surface area contributed by atoms with Crippen LogP contribution in [0.15, 0.2) is 11.0 Å². The van der Waals surface area contributed by atoms with Crippen molar-refractivity contribution in [1.29, 1.82) is 0 Å². The number of aromatic amines is 1. The third-order valence-corrected chi connectivity index (χ3v) is 4.68. The number of carbonyl (C=O) groups excluding carboxylic acids is 1. The summed E-state index contributed by atoms with van der Waals surface area (Å²) in [4.78, 5) is 36.1. The number of anilines is 1. The number of aryl methyl sites for hydroxylation is 1. The Balaban J connectivity index is 1.84. The fraction of sp³-hybridized carbons (Fsp3) is 0.529. The fourth-order valence-corrected chi connectivity index (χ4v) is 3.16. The molecule has 1 aliphatic rings. The fourth-order valence-electron chi connectivity index (χ4n) is 3.16.